The van der Waals surface area contributed by atoms with Crippen molar-refractivity contribution in [3.63, 3.8) is 0 Å². The van der Waals surface area contributed by atoms with Crippen LogP contribution in [-0.2, 0) is 13.1 Å². The lowest BCUT2D eigenvalue weighted by atomic mass is 10.2. The Morgan fingerprint density at radius 2 is 2.06 bits per heavy atom. The molecule has 0 amide bonds. The van der Waals surface area contributed by atoms with E-state index in [1.54, 1.807) is 6.07 Å². The molecule has 0 radical (unpaired) electrons. The minimum atomic E-state index is 0.430. The fraction of sp³-hybridized carbons (Fsp3) is 0.167. The lowest BCUT2D eigenvalue weighted by Crippen LogP contribution is -2.11. The van der Waals surface area contributed by atoms with Gasteiger partial charge in [0, 0.05) is 11.0 Å². The predicted molar refractivity (Wildman–Crippen MR) is 68.4 cm³/mol. The Bertz CT molecular complexity index is 470. The maximum absolute atomic E-state index is 5.68. The van der Waals surface area contributed by atoms with Gasteiger partial charge in [-0.05, 0) is 41.4 Å². The van der Waals surface area contributed by atoms with Crippen LogP contribution in [0.25, 0.3) is 0 Å². The first-order chi connectivity index (χ1) is 7.74. The summed E-state index contributed by atoms with van der Waals surface area (Å²) >= 11 is 9.12. The summed E-state index contributed by atoms with van der Waals surface area (Å²) in [6, 6.07) is 11.8. The van der Waals surface area contributed by atoms with E-state index in [1.165, 1.54) is 5.56 Å². The van der Waals surface area contributed by atoms with Crippen LogP contribution in [0.1, 0.15) is 11.3 Å². The molecule has 1 N–H and O–H groups in total. The third kappa shape index (κ3) is 3.37. The van der Waals surface area contributed by atoms with Gasteiger partial charge in [-0.2, -0.15) is 0 Å². The molecular formula is C12H11BrClNO. The van der Waals surface area contributed by atoms with Crippen LogP contribution in [-0.4, -0.2) is 0 Å². The zero-order valence-electron chi connectivity index (χ0n) is 8.54. The van der Waals surface area contributed by atoms with Gasteiger partial charge in [-0.3, -0.25) is 0 Å². The summed E-state index contributed by atoms with van der Waals surface area (Å²) < 4.78 is 6.33. The zero-order valence-corrected chi connectivity index (χ0v) is 10.9. The number of halogens is 2. The average Bonchev–Trinajstić information content (AvgIpc) is 2.64. The molecule has 0 saturated heterocycles. The van der Waals surface area contributed by atoms with Crippen molar-refractivity contribution in [1.29, 1.82) is 0 Å². The van der Waals surface area contributed by atoms with Gasteiger partial charge in [-0.15, -0.1) is 0 Å². The van der Waals surface area contributed by atoms with Gasteiger partial charge in [-0.25, -0.2) is 0 Å². The highest BCUT2D eigenvalue weighted by atomic mass is 79.9. The monoisotopic (exact) mass is 299 g/mol. The van der Waals surface area contributed by atoms with Gasteiger partial charge in [0.25, 0.3) is 0 Å². The van der Waals surface area contributed by atoms with Crippen LogP contribution in [0, 0.1) is 0 Å². The van der Waals surface area contributed by atoms with Gasteiger partial charge in [0.05, 0.1) is 6.54 Å². The molecule has 2 nitrogen and oxygen atoms in total. The van der Waals surface area contributed by atoms with Crippen LogP contribution in [0.2, 0.25) is 5.22 Å². The maximum atomic E-state index is 5.68. The standard InChI is InChI=1S/C12H11BrClNO/c13-10-3-1-2-9(6-10)7-15-8-11-4-5-12(14)16-11/h1-6,15H,7-8H2. The Kier molecular flexibility index (Phi) is 4.04. The van der Waals surface area contributed by atoms with Crippen LogP contribution >= 0.6 is 27.5 Å². The van der Waals surface area contributed by atoms with Crippen LogP contribution in [0.15, 0.2) is 45.3 Å². The molecule has 84 valence electrons. The van der Waals surface area contributed by atoms with Crippen molar-refractivity contribution in [3.05, 3.63) is 57.4 Å². The molecule has 0 aliphatic carbocycles. The Hall–Kier alpha value is -0.770. The third-order valence-corrected chi connectivity index (χ3v) is 2.84. The first kappa shape index (κ1) is 11.7. The van der Waals surface area contributed by atoms with Gasteiger partial charge < -0.3 is 9.73 Å². The van der Waals surface area contributed by atoms with Crippen molar-refractivity contribution < 1.29 is 4.42 Å². The summed E-state index contributed by atoms with van der Waals surface area (Å²) in [4.78, 5) is 0. The highest BCUT2D eigenvalue weighted by molar-refractivity contribution is 9.10. The smallest absolute Gasteiger partial charge is 0.193 e. The molecule has 2 aromatic rings. The van der Waals surface area contributed by atoms with Gasteiger partial charge in [0.15, 0.2) is 5.22 Å². The minimum absolute atomic E-state index is 0.430. The normalized spacial score (nSPS) is 10.6. The summed E-state index contributed by atoms with van der Waals surface area (Å²) in [5, 5.41) is 3.72. The van der Waals surface area contributed by atoms with E-state index in [4.69, 9.17) is 16.0 Å². The van der Waals surface area contributed by atoms with E-state index in [9.17, 15) is 0 Å². The molecule has 2 rings (SSSR count). The van der Waals surface area contributed by atoms with Crippen molar-refractivity contribution in [2.24, 2.45) is 0 Å². The Labute approximate surface area is 108 Å². The van der Waals surface area contributed by atoms with Crippen LogP contribution < -0.4 is 5.32 Å². The summed E-state index contributed by atoms with van der Waals surface area (Å²) in [5.41, 5.74) is 1.23. The summed E-state index contributed by atoms with van der Waals surface area (Å²) in [5.74, 6) is 0.847. The second-order valence-corrected chi connectivity index (χ2v) is 4.73. The highest BCUT2D eigenvalue weighted by Gasteiger charge is 1.99. The number of hydrogen-bond donors (Lipinski definition) is 1. The molecule has 0 aliphatic rings. The molecule has 0 atom stereocenters. The SMILES string of the molecule is Clc1ccc(CNCc2cccc(Br)c2)o1. The molecule has 0 bridgehead atoms. The Morgan fingerprint density at radius 3 is 2.75 bits per heavy atom. The summed E-state index contributed by atoms with van der Waals surface area (Å²) in [7, 11) is 0. The number of hydrogen-bond acceptors (Lipinski definition) is 2. The molecule has 0 unspecified atom stereocenters. The molecule has 1 heterocycles. The van der Waals surface area contributed by atoms with Gasteiger partial charge in [0.2, 0.25) is 0 Å². The lowest BCUT2D eigenvalue weighted by molar-refractivity contribution is 0.484. The molecule has 0 saturated carbocycles. The van der Waals surface area contributed by atoms with E-state index in [0.717, 1.165) is 16.8 Å². The van der Waals surface area contributed by atoms with Gasteiger partial charge >= 0.3 is 0 Å². The number of furan rings is 1. The van der Waals surface area contributed by atoms with Crippen molar-refractivity contribution in [3.8, 4) is 0 Å². The van der Waals surface area contributed by atoms with Crippen LogP contribution in [0.3, 0.4) is 0 Å². The quantitative estimate of drug-likeness (QED) is 0.924. The molecule has 0 spiro atoms. The second-order valence-electron chi connectivity index (χ2n) is 3.44. The molecule has 0 aliphatic heterocycles. The van der Waals surface area contributed by atoms with E-state index in [1.807, 2.05) is 18.2 Å². The molecule has 4 heteroatoms. The maximum Gasteiger partial charge on any atom is 0.193 e. The Balaban J connectivity index is 1.84. The van der Waals surface area contributed by atoms with Crippen LogP contribution in [0.4, 0.5) is 0 Å². The van der Waals surface area contributed by atoms with Crippen molar-refractivity contribution >= 4 is 27.5 Å². The average molecular weight is 301 g/mol. The predicted octanol–water partition coefficient (Wildman–Crippen LogP) is 3.99. The van der Waals surface area contributed by atoms with E-state index in [0.29, 0.717) is 11.8 Å². The van der Waals surface area contributed by atoms with E-state index in [2.05, 4.69) is 33.4 Å². The topological polar surface area (TPSA) is 25.2 Å². The molecule has 16 heavy (non-hydrogen) atoms. The van der Waals surface area contributed by atoms with Crippen molar-refractivity contribution in [2.75, 3.05) is 0 Å². The van der Waals surface area contributed by atoms with Crippen molar-refractivity contribution in [2.45, 2.75) is 13.1 Å². The Morgan fingerprint density at radius 1 is 1.19 bits per heavy atom. The highest BCUT2D eigenvalue weighted by Crippen LogP contribution is 2.14. The lowest BCUT2D eigenvalue weighted by Gasteiger charge is -2.03. The number of nitrogens with one attached hydrogen (secondary N) is 1. The van der Waals surface area contributed by atoms with E-state index in [-0.39, 0.29) is 0 Å². The minimum Gasteiger partial charge on any atom is -0.448 e. The number of rotatable bonds is 4. The van der Waals surface area contributed by atoms with E-state index < -0.39 is 0 Å². The van der Waals surface area contributed by atoms with E-state index >= 15 is 0 Å². The zero-order chi connectivity index (χ0) is 11.4. The first-order valence-electron chi connectivity index (χ1n) is 4.93. The number of benzene rings is 1. The van der Waals surface area contributed by atoms with Gasteiger partial charge in [0.1, 0.15) is 5.76 Å². The molecule has 0 fully saturated rings. The largest absolute Gasteiger partial charge is 0.448 e. The van der Waals surface area contributed by atoms with Gasteiger partial charge in [-0.1, -0.05) is 28.1 Å². The second kappa shape index (κ2) is 5.53. The molecule has 1 aromatic heterocycles. The summed E-state index contributed by atoms with van der Waals surface area (Å²) in [6.07, 6.45) is 0. The van der Waals surface area contributed by atoms with Crippen LogP contribution in [0.5, 0.6) is 0 Å². The third-order valence-electron chi connectivity index (χ3n) is 2.15. The fourth-order valence-corrected chi connectivity index (χ4v) is 2.03. The van der Waals surface area contributed by atoms with Crippen molar-refractivity contribution in [1.82, 2.24) is 5.32 Å². The molecular weight excluding hydrogens is 289 g/mol. The first-order valence-corrected chi connectivity index (χ1v) is 6.10. The summed E-state index contributed by atoms with van der Waals surface area (Å²) in [6.45, 7) is 1.48. The fourth-order valence-electron chi connectivity index (χ4n) is 1.42. The molecule has 1 aromatic carbocycles.